The Morgan fingerprint density at radius 2 is 2.22 bits per heavy atom. The molecule has 94 valence electrons. The van der Waals surface area contributed by atoms with Crippen molar-refractivity contribution in [3.05, 3.63) is 35.2 Å². The minimum atomic E-state index is -0.386. The summed E-state index contributed by atoms with van der Waals surface area (Å²) in [5.41, 5.74) is 0. The maximum absolute atomic E-state index is 11.9. The third-order valence-electron chi connectivity index (χ3n) is 3.29. The van der Waals surface area contributed by atoms with Crippen LogP contribution in [0, 0.1) is 5.92 Å². The number of aliphatic hydroxyl groups is 1. The third-order valence-corrected chi connectivity index (χ3v) is 4.40. The molecule has 1 aliphatic rings. The SMILES string of the molecule is O=C(NCC(O)C1CC1)c1cc2ccccc2s1. The topological polar surface area (TPSA) is 49.3 Å². The van der Waals surface area contributed by atoms with Gasteiger partial charge in [-0.05, 0) is 36.3 Å². The van der Waals surface area contributed by atoms with Crippen molar-refractivity contribution in [3.63, 3.8) is 0 Å². The maximum Gasteiger partial charge on any atom is 0.261 e. The fourth-order valence-corrected chi connectivity index (χ4v) is 3.00. The fraction of sp³-hybridized carbons (Fsp3) is 0.357. The Labute approximate surface area is 109 Å². The first-order chi connectivity index (χ1) is 8.74. The van der Waals surface area contributed by atoms with Gasteiger partial charge < -0.3 is 10.4 Å². The van der Waals surface area contributed by atoms with Gasteiger partial charge in [-0.15, -0.1) is 11.3 Å². The first-order valence-corrected chi connectivity index (χ1v) is 7.00. The molecule has 0 radical (unpaired) electrons. The zero-order valence-electron chi connectivity index (χ0n) is 9.93. The van der Waals surface area contributed by atoms with E-state index in [1.54, 1.807) is 0 Å². The number of hydrogen-bond acceptors (Lipinski definition) is 3. The highest BCUT2D eigenvalue weighted by Crippen LogP contribution is 2.32. The molecule has 1 unspecified atom stereocenters. The second-order valence-electron chi connectivity index (χ2n) is 4.76. The van der Waals surface area contributed by atoms with Crippen LogP contribution >= 0.6 is 11.3 Å². The molecule has 1 atom stereocenters. The van der Waals surface area contributed by atoms with Crippen molar-refractivity contribution in [3.8, 4) is 0 Å². The molecular weight excluding hydrogens is 246 g/mol. The van der Waals surface area contributed by atoms with Crippen LogP contribution in [0.2, 0.25) is 0 Å². The molecule has 1 heterocycles. The predicted molar refractivity (Wildman–Crippen MR) is 72.9 cm³/mol. The van der Waals surface area contributed by atoms with Gasteiger partial charge in [0.1, 0.15) is 0 Å². The number of benzene rings is 1. The van der Waals surface area contributed by atoms with Crippen LogP contribution in [0.5, 0.6) is 0 Å². The molecule has 18 heavy (non-hydrogen) atoms. The number of amides is 1. The molecule has 1 aromatic heterocycles. The van der Waals surface area contributed by atoms with Crippen LogP contribution < -0.4 is 5.32 Å². The Kier molecular flexibility index (Phi) is 3.06. The highest BCUT2D eigenvalue weighted by atomic mass is 32.1. The van der Waals surface area contributed by atoms with Crippen molar-refractivity contribution in [1.29, 1.82) is 0 Å². The Bertz CT molecular complexity index is 541. The molecule has 3 rings (SSSR count). The Morgan fingerprint density at radius 1 is 1.44 bits per heavy atom. The van der Waals surface area contributed by atoms with Gasteiger partial charge in [-0.2, -0.15) is 0 Å². The lowest BCUT2D eigenvalue weighted by atomic mass is 10.2. The lowest BCUT2D eigenvalue weighted by Crippen LogP contribution is -2.32. The van der Waals surface area contributed by atoms with Gasteiger partial charge in [-0.1, -0.05) is 18.2 Å². The van der Waals surface area contributed by atoms with E-state index in [-0.39, 0.29) is 12.0 Å². The van der Waals surface area contributed by atoms with Crippen molar-refractivity contribution >= 4 is 27.3 Å². The number of carbonyl (C=O) groups excluding carboxylic acids is 1. The molecule has 0 bridgehead atoms. The van der Waals surface area contributed by atoms with Crippen LogP contribution in [0.1, 0.15) is 22.5 Å². The van der Waals surface area contributed by atoms with Crippen LogP contribution in [0.15, 0.2) is 30.3 Å². The summed E-state index contributed by atoms with van der Waals surface area (Å²) >= 11 is 1.49. The average molecular weight is 261 g/mol. The number of carbonyl (C=O) groups is 1. The molecule has 1 saturated carbocycles. The maximum atomic E-state index is 11.9. The van der Waals surface area contributed by atoms with Gasteiger partial charge in [0.25, 0.3) is 5.91 Å². The fourth-order valence-electron chi connectivity index (χ4n) is 2.03. The van der Waals surface area contributed by atoms with Gasteiger partial charge in [-0.3, -0.25) is 4.79 Å². The van der Waals surface area contributed by atoms with E-state index in [0.29, 0.717) is 17.3 Å². The van der Waals surface area contributed by atoms with E-state index in [0.717, 1.165) is 22.9 Å². The van der Waals surface area contributed by atoms with Crippen molar-refractivity contribution in [2.45, 2.75) is 18.9 Å². The Balaban J connectivity index is 1.67. The lowest BCUT2D eigenvalue weighted by Gasteiger charge is -2.09. The normalized spacial score (nSPS) is 16.7. The van der Waals surface area contributed by atoms with E-state index in [4.69, 9.17) is 0 Å². The first-order valence-electron chi connectivity index (χ1n) is 6.19. The van der Waals surface area contributed by atoms with Crippen LogP contribution in [-0.4, -0.2) is 23.7 Å². The molecular formula is C14H15NO2S. The van der Waals surface area contributed by atoms with Gasteiger partial charge in [0.2, 0.25) is 0 Å². The van der Waals surface area contributed by atoms with E-state index >= 15 is 0 Å². The molecule has 1 aliphatic carbocycles. The first kappa shape index (κ1) is 11.7. The lowest BCUT2D eigenvalue weighted by molar-refractivity contribution is 0.0905. The quantitative estimate of drug-likeness (QED) is 0.888. The van der Waals surface area contributed by atoms with Crippen LogP contribution in [0.4, 0.5) is 0 Å². The standard InChI is InChI=1S/C14H15NO2S/c16-11(9-5-6-9)8-15-14(17)13-7-10-3-1-2-4-12(10)18-13/h1-4,7,9,11,16H,5-6,8H2,(H,15,17). The average Bonchev–Trinajstić information content (AvgIpc) is 3.14. The molecule has 0 saturated heterocycles. The van der Waals surface area contributed by atoms with Crippen LogP contribution in [-0.2, 0) is 0 Å². The molecule has 1 aromatic carbocycles. The summed E-state index contributed by atoms with van der Waals surface area (Å²) in [6.45, 7) is 0.359. The van der Waals surface area contributed by atoms with Crippen molar-refractivity contribution in [1.82, 2.24) is 5.32 Å². The minimum Gasteiger partial charge on any atom is -0.391 e. The second kappa shape index (κ2) is 4.71. The zero-order chi connectivity index (χ0) is 12.5. The molecule has 4 heteroatoms. The molecule has 2 aromatic rings. The largest absolute Gasteiger partial charge is 0.391 e. The Morgan fingerprint density at radius 3 is 2.94 bits per heavy atom. The predicted octanol–water partition coefficient (Wildman–Crippen LogP) is 2.40. The third kappa shape index (κ3) is 2.40. The number of aliphatic hydroxyl groups excluding tert-OH is 1. The van der Waals surface area contributed by atoms with Crippen molar-refractivity contribution in [2.24, 2.45) is 5.92 Å². The van der Waals surface area contributed by atoms with Crippen LogP contribution in [0.25, 0.3) is 10.1 Å². The summed E-state index contributed by atoms with van der Waals surface area (Å²) in [6.07, 6.45) is 1.78. The highest BCUT2D eigenvalue weighted by molar-refractivity contribution is 7.20. The van der Waals surface area contributed by atoms with E-state index in [1.807, 2.05) is 30.3 Å². The second-order valence-corrected chi connectivity index (χ2v) is 5.85. The number of fused-ring (bicyclic) bond motifs is 1. The van der Waals surface area contributed by atoms with Crippen molar-refractivity contribution < 1.29 is 9.90 Å². The highest BCUT2D eigenvalue weighted by Gasteiger charge is 2.29. The summed E-state index contributed by atoms with van der Waals surface area (Å²) in [5, 5.41) is 13.6. The number of nitrogens with one attached hydrogen (secondary N) is 1. The van der Waals surface area contributed by atoms with Gasteiger partial charge in [-0.25, -0.2) is 0 Å². The van der Waals surface area contributed by atoms with Gasteiger partial charge in [0.15, 0.2) is 0 Å². The number of rotatable bonds is 4. The van der Waals surface area contributed by atoms with E-state index < -0.39 is 0 Å². The molecule has 2 N–H and O–H groups in total. The molecule has 1 amide bonds. The summed E-state index contributed by atoms with van der Waals surface area (Å²) in [7, 11) is 0. The smallest absolute Gasteiger partial charge is 0.261 e. The number of hydrogen-bond donors (Lipinski definition) is 2. The molecule has 0 spiro atoms. The zero-order valence-corrected chi connectivity index (χ0v) is 10.7. The van der Waals surface area contributed by atoms with Gasteiger partial charge >= 0.3 is 0 Å². The minimum absolute atomic E-state index is 0.0871. The molecule has 0 aliphatic heterocycles. The van der Waals surface area contributed by atoms with E-state index in [2.05, 4.69) is 5.32 Å². The van der Waals surface area contributed by atoms with Gasteiger partial charge in [0.05, 0.1) is 11.0 Å². The Hall–Kier alpha value is -1.39. The van der Waals surface area contributed by atoms with E-state index in [9.17, 15) is 9.90 Å². The summed E-state index contributed by atoms with van der Waals surface area (Å²) in [5.74, 6) is 0.309. The van der Waals surface area contributed by atoms with Crippen molar-refractivity contribution in [2.75, 3.05) is 6.54 Å². The van der Waals surface area contributed by atoms with Gasteiger partial charge in [0, 0.05) is 11.2 Å². The summed E-state index contributed by atoms with van der Waals surface area (Å²) < 4.78 is 1.12. The number of thiophene rings is 1. The summed E-state index contributed by atoms with van der Waals surface area (Å²) in [4.78, 5) is 12.7. The van der Waals surface area contributed by atoms with Crippen LogP contribution in [0.3, 0.4) is 0 Å². The molecule has 1 fully saturated rings. The molecule has 3 nitrogen and oxygen atoms in total. The monoisotopic (exact) mass is 261 g/mol. The summed E-state index contributed by atoms with van der Waals surface area (Å²) in [6, 6.07) is 9.85. The van der Waals surface area contributed by atoms with E-state index in [1.165, 1.54) is 11.3 Å².